The Hall–Kier alpha value is -2.08. The molecule has 0 fully saturated rings. The number of carboxylic acids is 1. The zero-order valence-corrected chi connectivity index (χ0v) is 11.1. The molecule has 0 aliphatic rings. The van der Waals surface area contributed by atoms with Crippen LogP contribution in [0.15, 0.2) is 41.6 Å². The first-order valence-electron chi connectivity index (χ1n) is 5.66. The minimum absolute atomic E-state index is 0.0474. The summed E-state index contributed by atoms with van der Waals surface area (Å²) in [6.45, 7) is 1.85. The minimum Gasteiger partial charge on any atom is -0.481 e. The second-order valence-electron chi connectivity index (χ2n) is 3.85. The van der Waals surface area contributed by atoms with E-state index < -0.39 is 5.97 Å². The van der Waals surface area contributed by atoms with Crippen molar-refractivity contribution in [1.29, 1.82) is 0 Å². The maximum atomic E-state index is 10.5. The Bertz CT molecular complexity index is 575. The van der Waals surface area contributed by atoms with Gasteiger partial charge in [0.2, 0.25) is 0 Å². The number of aryl methyl sites for hydroxylation is 1. The number of carboxylic acid groups (broad SMARTS) is 1. The van der Waals surface area contributed by atoms with Crippen molar-refractivity contribution < 1.29 is 9.90 Å². The number of benzene rings is 1. The summed E-state index contributed by atoms with van der Waals surface area (Å²) in [5, 5.41) is 12.3. The van der Waals surface area contributed by atoms with Crippen molar-refractivity contribution in [1.82, 2.24) is 9.97 Å². The molecule has 0 bridgehead atoms. The summed E-state index contributed by atoms with van der Waals surface area (Å²) in [6, 6.07) is 11.5. The molecule has 0 saturated heterocycles. The van der Waals surface area contributed by atoms with E-state index in [9.17, 15) is 4.79 Å². The Kier molecular flexibility index (Phi) is 4.35. The van der Waals surface area contributed by atoms with Crippen LogP contribution in [0.3, 0.4) is 0 Å². The number of para-hydroxylation sites is 1. The van der Waals surface area contributed by atoms with Gasteiger partial charge in [-0.1, -0.05) is 30.0 Å². The maximum absolute atomic E-state index is 10.5. The molecule has 0 unspecified atom stereocenters. The lowest BCUT2D eigenvalue weighted by Crippen LogP contribution is -2.02. The molecule has 2 N–H and O–H groups in total. The zero-order chi connectivity index (χ0) is 13.7. The Labute approximate surface area is 115 Å². The summed E-state index contributed by atoms with van der Waals surface area (Å²) in [5.41, 5.74) is 1.72. The number of hydrogen-bond donors (Lipinski definition) is 2. The number of thioether (sulfide) groups is 1. The van der Waals surface area contributed by atoms with Crippen LogP contribution in [-0.2, 0) is 4.79 Å². The van der Waals surface area contributed by atoms with Crippen LogP contribution in [0, 0.1) is 6.92 Å². The van der Waals surface area contributed by atoms with Gasteiger partial charge in [-0.3, -0.25) is 4.79 Å². The number of anilines is 2. The van der Waals surface area contributed by atoms with E-state index >= 15 is 0 Å². The summed E-state index contributed by atoms with van der Waals surface area (Å²) in [6.07, 6.45) is 0. The standard InChI is InChI=1S/C13H13N3O2S/c1-9-7-11(15-10-5-3-2-4-6-10)16-13(14-9)19-8-12(17)18/h2-7H,8H2,1H3,(H,17,18)(H,14,15,16). The number of aromatic nitrogens is 2. The van der Waals surface area contributed by atoms with Gasteiger partial charge in [0.1, 0.15) is 5.82 Å². The minimum atomic E-state index is -0.882. The van der Waals surface area contributed by atoms with Crippen LogP contribution < -0.4 is 5.32 Å². The molecule has 98 valence electrons. The van der Waals surface area contributed by atoms with Gasteiger partial charge in [0.25, 0.3) is 0 Å². The van der Waals surface area contributed by atoms with Gasteiger partial charge >= 0.3 is 5.97 Å². The molecule has 0 spiro atoms. The van der Waals surface area contributed by atoms with Gasteiger partial charge in [-0.25, -0.2) is 9.97 Å². The van der Waals surface area contributed by atoms with Crippen molar-refractivity contribution in [3.05, 3.63) is 42.1 Å². The van der Waals surface area contributed by atoms with Crippen molar-refractivity contribution in [2.45, 2.75) is 12.1 Å². The molecule has 0 saturated carbocycles. The lowest BCUT2D eigenvalue weighted by Gasteiger charge is -2.07. The normalized spacial score (nSPS) is 10.2. The van der Waals surface area contributed by atoms with Crippen molar-refractivity contribution >= 4 is 29.2 Å². The summed E-state index contributed by atoms with van der Waals surface area (Å²) < 4.78 is 0. The molecule has 0 radical (unpaired) electrons. The van der Waals surface area contributed by atoms with Gasteiger partial charge in [0.15, 0.2) is 5.16 Å². The van der Waals surface area contributed by atoms with Crippen molar-refractivity contribution in [2.75, 3.05) is 11.1 Å². The largest absolute Gasteiger partial charge is 0.481 e. The molecule has 0 aliphatic heterocycles. The van der Waals surface area contributed by atoms with E-state index in [2.05, 4.69) is 15.3 Å². The van der Waals surface area contributed by atoms with E-state index in [4.69, 9.17) is 5.11 Å². The van der Waals surface area contributed by atoms with Crippen LogP contribution in [0.25, 0.3) is 0 Å². The topological polar surface area (TPSA) is 75.1 Å². The Morgan fingerprint density at radius 2 is 2.05 bits per heavy atom. The lowest BCUT2D eigenvalue weighted by molar-refractivity contribution is -0.133. The van der Waals surface area contributed by atoms with Gasteiger partial charge in [0, 0.05) is 17.4 Å². The second kappa shape index (κ2) is 6.19. The summed E-state index contributed by atoms with van der Waals surface area (Å²) in [5.74, 6) is -0.270. The van der Waals surface area contributed by atoms with Gasteiger partial charge in [-0.05, 0) is 19.1 Å². The van der Waals surface area contributed by atoms with Crippen LogP contribution in [0.1, 0.15) is 5.69 Å². The summed E-state index contributed by atoms with van der Waals surface area (Å²) in [7, 11) is 0. The van der Waals surface area contributed by atoms with Crippen LogP contribution in [0.4, 0.5) is 11.5 Å². The fourth-order valence-electron chi connectivity index (χ4n) is 1.47. The van der Waals surface area contributed by atoms with Crippen LogP contribution in [0.2, 0.25) is 0 Å². The van der Waals surface area contributed by atoms with Crippen molar-refractivity contribution in [3.8, 4) is 0 Å². The third-order valence-electron chi connectivity index (χ3n) is 2.20. The van der Waals surface area contributed by atoms with E-state index in [1.165, 1.54) is 0 Å². The highest BCUT2D eigenvalue weighted by Crippen LogP contribution is 2.19. The zero-order valence-electron chi connectivity index (χ0n) is 10.3. The molecule has 0 atom stereocenters. The van der Waals surface area contributed by atoms with Crippen molar-refractivity contribution in [2.24, 2.45) is 0 Å². The molecule has 1 aromatic heterocycles. The monoisotopic (exact) mass is 275 g/mol. The highest BCUT2D eigenvalue weighted by molar-refractivity contribution is 7.99. The van der Waals surface area contributed by atoms with Crippen molar-refractivity contribution in [3.63, 3.8) is 0 Å². The van der Waals surface area contributed by atoms with E-state index in [0.717, 1.165) is 23.1 Å². The maximum Gasteiger partial charge on any atom is 0.313 e. The highest BCUT2D eigenvalue weighted by Gasteiger charge is 2.06. The van der Waals surface area contributed by atoms with E-state index in [-0.39, 0.29) is 5.75 Å². The SMILES string of the molecule is Cc1cc(Nc2ccccc2)nc(SCC(=O)O)n1. The predicted molar refractivity (Wildman–Crippen MR) is 74.9 cm³/mol. The number of rotatable bonds is 5. The molecule has 5 nitrogen and oxygen atoms in total. The number of nitrogens with zero attached hydrogens (tertiary/aromatic N) is 2. The molecular weight excluding hydrogens is 262 g/mol. The number of hydrogen-bond acceptors (Lipinski definition) is 5. The van der Waals surface area contributed by atoms with Crippen LogP contribution >= 0.6 is 11.8 Å². The van der Waals surface area contributed by atoms with Gasteiger partial charge < -0.3 is 10.4 Å². The molecule has 19 heavy (non-hydrogen) atoms. The lowest BCUT2D eigenvalue weighted by atomic mass is 10.3. The second-order valence-corrected chi connectivity index (χ2v) is 4.79. The van der Waals surface area contributed by atoms with E-state index in [1.807, 2.05) is 43.3 Å². The first-order chi connectivity index (χ1) is 9.13. The van der Waals surface area contributed by atoms with Crippen LogP contribution in [0.5, 0.6) is 0 Å². The summed E-state index contributed by atoms with van der Waals surface area (Å²) >= 11 is 1.11. The molecule has 2 rings (SSSR count). The fourth-order valence-corrected chi connectivity index (χ4v) is 2.09. The smallest absolute Gasteiger partial charge is 0.313 e. The van der Waals surface area contributed by atoms with Gasteiger partial charge in [-0.15, -0.1) is 0 Å². The average Bonchev–Trinajstić information content (AvgIpc) is 2.37. The third kappa shape index (κ3) is 4.26. The Morgan fingerprint density at radius 3 is 2.74 bits per heavy atom. The van der Waals surface area contributed by atoms with Gasteiger partial charge in [0.05, 0.1) is 5.75 Å². The molecule has 6 heteroatoms. The Balaban J connectivity index is 2.14. The quantitative estimate of drug-likeness (QED) is 0.645. The van der Waals surface area contributed by atoms with Gasteiger partial charge in [-0.2, -0.15) is 0 Å². The molecule has 1 heterocycles. The molecular formula is C13H13N3O2S. The molecule has 0 amide bonds. The highest BCUT2D eigenvalue weighted by atomic mass is 32.2. The molecule has 1 aromatic carbocycles. The number of nitrogens with one attached hydrogen (secondary N) is 1. The first kappa shape index (κ1) is 13.4. The number of aliphatic carboxylic acids is 1. The van der Waals surface area contributed by atoms with E-state index in [1.54, 1.807) is 0 Å². The number of carbonyl (C=O) groups is 1. The predicted octanol–water partition coefficient (Wildman–Crippen LogP) is 2.71. The van der Waals surface area contributed by atoms with E-state index in [0.29, 0.717) is 11.0 Å². The first-order valence-corrected chi connectivity index (χ1v) is 6.64. The molecule has 0 aliphatic carbocycles. The molecule has 2 aromatic rings. The van der Waals surface area contributed by atoms with Crippen LogP contribution in [-0.4, -0.2) is 26.8 Å². The average molecular weight is 275 g/mol. The fraction of sp³-hybridized carbons (Fsp3) is 0.154. The third-order valence-corrected chi connectivity index (χ3v) is 3.04. The summed E-state index contributed by atoms with van der Waals surface area (Å²) in [4.78, 5) is 19.0. The Morgan fingerprint density at radius 1 is 1.32 bits per heavy atom.